The SMILES string of the molecule is O=C(Nc1ccc(F)cc1F)c1ccnc(NCCN2CCOCC2)n1. The average Bonchev–Trinajstić information content (AvgIpc) is 2.65. The second-order valence-corrected chi connectivity index (χ2v) is 5.72. The van der Waals surface area contributed by atoms with Gasteiger partial charge >= 0.3 is 0 Å². The minimum absolute atomic E-state index is 0.0811. The fourth-order valence-electron chi connectivity index (χ4n) is 2.50. The number of benzene rings is 1. The Balaban J connectivity index is 1.56. The molecule has 2 aromatic rings. The van der Waals surface area contributed by atoms with E-state index in [1.165, 1.54) is 12.3 Å². The van der Waals surface area contributed by atoms with E-state index in [1.54, 1.807) is 0 Å². The van der Waals surface area contributed by atoms with Crippen molar-refractivity contribution in [2.75, 3.05) is 50.0 Å². The zero-order chi connectivity index (χ0) is 18.4. The van der Waals surface area contributed by atoms with Crippen molar-refractivity contribution in [1.82, 2.24) is 14.9 Å². The molecule has 0 radical (unpaired) electrons. The van der Waals surface area contributed by atoms with E-state index in [4.69, 9.17) is 4.74 Å². The van der Waals surface area contributed by atoms with Crippen LogP contribution in [0.5, 0.6) is 0 Å². The number of ether oxygens (including phenoxy) is 1. The number of nitrogens with zero attached hydrogens (tertiary/aromatic N) is 3. The van der Waals surface area contributed by atoms with Crippen LogP contribution >= 0.6 is 0 Å². The molecule has 7 nitrogen and oxygen atoms in total. The molecule has 0 unspecified atom stereocenters. The summed E-state index contributed by atoms with van der Waals surface area (Å²) in [6.45, 7) is 4.65. The predicted molar refractivity (Wildman–Crippen MR) is 92.1 cm³/mol. The number of amides is 1. The van der Waals surface area contributed by atoms with Crippen molar-refractivity contribution in [3.63, 3.8) is 0 Å². The molecule has 1 aromatic carbocycles. The Morgan fingerprint density at radius 2 is 2.04 bits per heavy atom. The summed E-state index contributed by atoms with van der Waals surface area (Å²) in [5.41, 5.74) is -0.0329. The number of morpholine rings is 1. The molecule has 1 saturated heterocycles. The van der Waals surface area contributed by atoms with E-state index in [-0.39, 0.29) is 11.4 Å². The first-order chi connectivity index (χ1) is 12.6. The van der Waals surface area contributed by atoms with Gasteiger partial charge in [0.25, 0.3) is 5.91 Å². The van der Waals surface area contributed by atoms with Crippen LogP contribution in [0.25, 0.3) is 0 Å². The monoisotopic (exact) mass is 363 g/mol. The van der Waals surface area contributed by atoms with E-state index in [1.807, 2.05) is 0 Å². The van der Waals surface area contributed by atoms with Crippen molar-refractivity contribution in [2.45, 2.75) is 0 Å². The van der Waals surface area contributed by atoms with Crippen molar-refractivity contribution in [3.8, 4) is 0 Å². The topological polar surface area (TPSA) is 79.4 Å². The summed E-state index contributed by atoms with van der Waals surface area (Å²) in [6.07, 6.45) is 1.44. The lowest BCUT2D eigenvalue weighted by Crippen LogP contribution is -2.39. The number of nitrogens with one attached hydrogen (secondary N) is 2. The maximum atomic E-state index is 13.6. The second kappa shape index (κ2) is 8.63. The molecule has 3 rings (SSSR count). The number of rotatable bonds is 6. The first kappa shape index (κ1) is 18.2. The largest absolute Gasteiger partial charge is 0.379 e. The lowest BCUT2D eigenvalue weighted by molar-refractivity contribution is 0.0398. The number of halogens is 2. The first-order valence-electron chi connectivity index (χ1n) is 8.25. The lowest BCUT2D eigenvalue weighted by atomic mass is 10.3. The van der Waals surface area contributed by atoms with Crippen molar-refractivity contribution in [2.24, 2.45) is 0 Å². The van der Waals surface area contributed by atoms with Gasteiger partial charge in [-0.05, 0) is 18.2 Å². The molecule has 1 fully saturated rings. The quantitative estimate of drug-likeness (QED) is 0.814. The molecule has 26 heavy (non-hydrogen) atoms. The Morgan fingerprint density at radius 1 is 1.23 bits per heavy atom. The number of carbonyl (C=O) groups is 1. The third-order valence-corrected chi connectivity index (χ3v) is 3.88. The van der Waals surface area contributed by atoms with Crippen LogP contribution in [0.2, 0.25) is 0 Å². The normalized spacial score (nSPS) is 14.8. The van der Waals surface area contributed by atoms with Gasteiger partial charge in [0.1, 0.15) is 17.3 Å². The van der Waals surface area contributed by atoms with Gasteiger partial charge < -0.3 is 15.4 Å². The smallest absolute Gasteiger partial charge is 0.274 e. The number of carbonyl (C=O) groups excluding carboxylic acids is 1. The number of hydrogen-bond donors (Lipinski definition) is 2. The maximum Gasteiger partial charge on any atom is 0.274 e. The lowest BCUT2D eigenvalue weighted by Gasteiger charge is -2.26. The van der Waals surface area contributed by atoms with E-state index in [9.17, 15) is 13.6 Å². The molecular weight excluding hydrogens is 344 g/mol. The van der Waals surface area contributed by atoms with E-state index in [2.05, 4.69) is 25.5 Å². The van der Waals surface area contributed by atoms with Gasteiger partial charge in [0.15, 0.2) is 0 Å². The molecule has 2 N–H and O–H groups in total. The third-order valence-electron chi connectivity index (χ3n) is 3.88. The van der Waals surface area contributed by atoms with E-state index in [0.29, 0.717) is 18.6 Å². The van der Waals surface area contributed by atoms with Crippen molar-refractivity contribution in [3.05, 3.63) is 47.8 Å². The minimum Gasteiger partial charge on any atom is -0.379 e. The van der Waals surface area contributed by atoms with Crippen LogP contribution in [0.3, 0.4) is 0 Å². The third kappa shape index (κ3) is 4.93. The summed E-state index contributed by atoms with van der Waals surface area (Å²) in [4.78, 5) is 22.7. The van der Waals surface area contributed by atoms with Crippen LogP contribution in [-0.2, 0) is 4.74 Å². The highest BCUT2D eigenvalue weighted by atomic mass is 19.1. The van der Waals surface area contributed by atoms with Gasteiger partial charge in [0, 0.05) is 38.4 Å². The molecule has 1 aliphatic rings. The van der Waals surface area contributed by atoms with Gasteiger partial charge in [-0.3, -0.25) is 9.69 Å². The van der Waals surface area contributed by atoms with Crippen LogP contribution in [0.15, 0.2) is 30.5 Å². The molecule has 1 aromatic heterocycles. The zero-order valence-electron chi connectivity index (χ0n) is 14.0. The van der Waals surface area contributed by atoms with Crippen molar-refractivity contribution in [1.29, 1.82) is 0 Å². The zero-order valence-corrected chi connectivity index (χ0v) is 14.0. The number of hydrogen-bond acceptors (Lipinski definition) is 6. The highest BCUT2D eigenvalue weighted by Gasteiger charge is 2.13. The van der Waals surface area contributed by atoms with Crippen LogP contribution < -0.4 is 10.6 Å². The maximum absolute atomic E-state index is 13.6. The summed E-state index contributed by atoms with van der Waals surface area (Å²) in [7, 11) is 0. The Bertz CT molecular complexity index is 769. The Labute approximate surface area is 149 Å². The highest BCUT2D eigenvalue weighted by molar-refractivity contribution is 6.03. The number of aromatic nitrogens is 2. The molecule has 0 aliphatic carbocycles. The van der Waals surface area contributed by atoms with Gasteiger partial charge in [-0.1, -0.05) is 0 Å². The Morgan fingerprint density at radius 3 is 2.81 bits per heavy atom. The van der Waals surface area contributed by atoms with E-state index in [0.717, 1.165) is 45.0 Å². The van der Waals surface area contributed by atoms with Crippen molar-refractivity contribution < 1.29 is 18.3 Å². The van der Waals surface area contributed by atoms with Crippen LogP contribution in [0.1, 0.15) is 10.5 Å². The summed E-state index contributed by atoms with van der Waals surface area (Å²) in [5, 5.41) is 5.43. The fraction of sp³-hybridized carbons (Fsp3) is 0.353. The summed E-state index contributed by atoms with van der Waals surface area (Å²) < 4.78 is 31.8. The molecular formula is C17H19F2N5O2. The minimum atomic E-state index is -0.851. The molecule has 9 heteroatoms. The first-order valence-corrected chi connectivity index (χ1v) is 8.25. The Hall–Kier alpha value is -2.65. The highest BCUT2D eigenvalue weighted by Crippen LogP contribution is 2.16. The Kier molecular flexibility index (Phi) is 6.03. The van der Waals surface area contributed by atoms with E-state index < -0.39 is 17.5 Å². The van der Waals surface area contributed by atoms with Crippen LogP contribution in [-0.4, -0.2) is 60.2 Å². The summed E-state index contributed by atoms with van der Waals surface area (Å²) in [5.74, 6) is -1.86. The number of anilines is 2. The standard InChI is InChI=1S/C17H19F2N5O2/c18-12-1-2-14(13(19)11-12)22-16(25)15-3-4-20-17(23-15)21-5-6-24-7-9-26-10-8-24/h1-4,11H,5-10H2,(H,22,25)(H,20,21,23). The predicted octanol–water partition coefficient (Wildman–Crippen LogP) is 1.75. The summed E-state index contributed by atoms with van der Waals surface area (Å²) in [6, 6.07) is 4.35. The average molecular weight is 363 g/mol. The van der Waals surface area contributed by atoms with Crippen LogP contribution in [0, 0.1) is 11.6 Å². The van der Waals surface area contributed by atoms with Crippen LogP contribution in [0.4, 0.5) is 20.4 Å². The van der Waals surface area contributed by atoms with Gasteiger partial charge in [0.05, 0.1) is 18.9 Å². The molecule has 2 heterocycles. The fourth-order valence-corrected chi connectivity index (χ4v) is 2.50. The van der Waals surface area contributed by atoms with Gasteiger partial charge in [0.2, 0.25) is 5.95 Å². The molecule has 138 valence electrons. The summed E-state index contributed by atoms with van der Waals surface area (Å²) >= 11 is 0. The van der Waals surface area contributed by atoms with Crippen molar-refractivity contribution >= 4 is 17.5 Å². The molecule has 1 amide bonds. The van der Waals surface area contributed by atoms with Gasteiger partial charge in [-0.15, -0.1) is 0 Å². The van der Waals surface area contributed by atoms with Gasteiger partial charge in [-0.25, -0.2) is 18.7 Å². The molecule has 1 aliphatic heterocycles. The van der Waals surface area contributed by atoms with E-state index >= 15 is 0 Å². The molecule has 0 saturated carbocycles. The molecule has 0 atom stereocenters. The van der Waals surface area contributed by atoms with Gasteiger partial charge in [-0.2, -0.15) is 0 Å². The molecule has 0 spiro atoms. The molecule has 0 bridgehead atoms. The second-order valence-electron chi connectivity index (χ2n) is 5.72.